The Morgan fingerprint density at radius 1 is 1.07 bits per heavy atom. The first-order chi connectivity index (χ1) is 14.6. The summed E-state index contributed by atoms with van der Waals surface area (Å²) in [5.74, 6) is -0.556. The summed E-state index contributed by atoms with van der Waals surface area (Å²) in [5, 5.41) is 12.5. The second-order valence-corrected chi connectivity index (χ2v) is 6.09. The van der Waals surface area contributed by atoms with Crippen LogP contribution in [0.25, 0.3) is 0 Å². The molecule has 0 aliphatic rings. The Kier molecular flexibility index (Phi) is 6.74. The van der Waals surface area contributed by atoms with E-state index in [1.165, 1.54) is 0 Å². The van der Waals surface area contributed by atoms with E-state index in [0.717, 1.165) is 5.69 Å². The van der Waals surface area contributed by atoms with Crippen molar-refractivity contribution in [1.82, 2.24) is 15.0 Å². The van der Waals surface area contributed by atoms with Crippen LogP contribution in [-0.2, 0) is 4.79 Å². The molecule has 9 nitrogen and oxygen atoms in total. The highest BCUT2D eigenvalue weighted by atomic mass is 16.5. The lowest BCUT2D eigenvalue weighted by Crippen LogP contribution is -2.22. The van der Waals surface area contributed by atoms with Crippen LogP contribution >= 0.6 is 0 Å². The number of nitrogens with two attached hydrogens (primary N) is 1. The molecule has 0 saturated carbocycles. The molecule has 1 aromatic heterocycles. The summed E-state index contributed by atoms with van der Waals surface area (Å²) < 4.78 is 10.8. The van der Waals surface area contributed by atoms with Gasteiger partial charge in [-0.25, -0.2) is 0 Å². The average Bonchev–Trinajstić information content (AvgIpc) is 2.74. The number of benzene rings is 2. The van der Waals surface area contributed by atoms with Crippen molar-refractivity contribution in [3.8, 4) is 17.6 Å². The van der Waals surface area contributed by atoms with E-state index in [-0.39, 0.29) is 24.3 Å². The van der Waals surface area contributed by atoms with Crippen LogP contribution in [0, 0.1) is 11.3 Å². The molecule has 152 valence electrons. The summed E-state index contributed by atoms with van der Waals surface area (Å²) in [6, 6.07) is 17.9. The zero-order valence-corrected chi connectivity index (χ0v) is 16.3. The van der Waals surface area contributed by atoms with E-state index in [2.05, 4.69) is 20.3 Å². The van der Waals surface area contributed by atoms with Gasteiger partial charge in [0.15, 0.2) is 17.5 Å². The molecule has 3 N–H and O–H groups in total. The predicted octanol–water partition coefficient (Wildman–Crippen LogP) is 2.85. The Labute approximate surface area is 173 Å². The fraction of sp³-hybridized carbons (Fsp3) is 0.190. The van der Waals surface area contributed by atoms with Crippen LogP contribution in [-0.4, -0.2) is 33.9 Å². The molecule has 0 saturated heterocycles. The van der Waals surface area contributed by atoms with Crippen LogP contribution in [0.1, 0.15) is 18.7 Å². The first-order valence-corrected chi connectivity index (χ1v) is 9.20. The van der Waals surface area contributed by atoms with Crippen molar-refractivity contribution < 1.29 is 14.3 Å². The van der Waals surface area contributed by atoms with Gasteiger partial charge < -0.3 is 20.5 Å². The first-order valence-electron chi connectivity index (χ1n) is 9.20. The number of Topliss-reactive ketones (excluding diaryl/α,β-unsaturated/α-hetero) is 1. The molecule has 0 aliphatic heterocycles. The second kappa shape index (κ2) is 9.84. The molecule has 1 heterocycles. The number of carbonyl (C=O) groups is 1. The van der Waals surface area contributed by atoms with Gasteiger partial charge in [-0.15, -0.1) is 0 Å². The molecular weight excluding hydrogens is 384 g/mol. The highest BCUT2D eigenvalue weighted by Crippen LogP contribution is 2.20. The van der Waals surface area contributed by atoms with Crippen molar-refractivity contribution in [2.24, 2.45) is 0 Å². The highest BCUT2D eigenvalue weighted by molar-refractivity contribution is 5.89. The van der Waals surface area contributed by atoms with Crippen LogP contribution < -0.4 is 20.5 Å². The number of nitriles is 1. The SMILES string of the molecule is CCOc1ccc(OCC(=O)C(C#N)c2nc(N)nc(Nc3ccccc3)n2)cc1. The number of para-hydroxylation sites is 1. The molecule has 1 unspecified atom stereocenters. The Bertz CT molecular complexity index is 1030. The normalized spacial score (nSPS) is 11.2. The van der Waals surface area contributed by atoms with E-state index < -0.39 is 11.7 Å². The van der Waals surface area contributed by atoms with Crippen molar-refractivity contribution in [2.75, 3.05) is 24.3 Å². The maximum Gasteiger partial charge on any atom is 0.232 e. The third kappa shape index (κ3) is 5.42. The fourth-order valence-corrected chi connectivity index (χ4v) is 2.56. The summed E-state index contributed by atoms with van der Waals surface area (Å²) in [4.78, 5) is 24.7. The molecule has 0 fully saturated rings. The van der Waals surface area contributed by atoms with Gasteiger partial charge in [0.2, 0.25) is 11.9 Å². The van der Waals surface area contributed by atoms with Crippen molar-refractivity contribution in [2.45, 2.75) is 12.8 Å². The second-order valence-electron chi connectivity index (χ2n) is 6.09. The summed E-state index contributed by atoms with van der Waals surface area (Å²) >= 11 is 0. The number of hydrogen-bond donors (Lipinski definition) is 2. The zero-order chi connectivity index (χ0) is 21.3. The standard InChI is InChI=1S/C21H20N6O3/c1-2-29-15-8-10-16(11-9-15)30-13-18(28)17(12-22)19-25-20(23)27-21(26-19)24-14-6-4-3-5-7-14/h3-11,17H,2,13H2,1H3,(H3,23,24,25,26,27). The van der Waals surface area contributed by atoms with Gasteiger partial charge in [-0.2, -0.15) is 20.2 Å². The Hall–Kier alpha value is -4.19. The van der Waals surface area contributed by atoms with Crippen molar-refractivity contribution in [1.29, 1.82) is 5.26 Å². The number of aromatic nitrogens is 3. The van der Waals surface area contributed by atoms with Gasteiger partial charge in [0.1, 0.15) is 18.1 Å². The maximum absolute atomic E-state index is 12.6. The number of carbonyl (C=O) groups excluding carboxylic acids is 1. The van der Waals surface area contributed by atoms with E-state index in [9.17, 15) is 10.1 Å². The Morgan fingerprint density at radius 3 is 2.37 bits per heavy atom. The lowest BCUT2D eigenvalue weighted by atomic mass is 10.1. The molecule has 30 heavy (non-hydrogen) atoms. The minimum Gasteiger partial charge on any atom is -0.494 e. The van der Waals surface area contributed by atoms with Crippen LogP contribution in [0.2, 0.25) is 0 Å². The molecule has 0 spiro atoms. The number of ketones is 1. The Morgan fingerprint density at radius 2 is 1.73 bits per heavy atom. The quantitative estimate of drug-likeness (QED) is 0.551. The van der Waals surface area contributed by atoms with Crippen molar-refractivity contribution in [3.63, 3.8) is 0 Å². The fourth-order valence-electron chi connectivity index (χ4n) is 2.56. The largest absolute Gasteiger partial charge is 0.494 e. The number of nitrogen functional groups attached to an aromatic ring is 1. The number of anilines is 3. The molecular formula is C21H20N6O3. The molecule has 0 bridgehead atoms. The first kappa shape index (κ1) is 20.5. The minimum atomic E-state index is -1.24. The zero-order valence-electron chi connectivity index (χ0n) is 16.3. The van der Waals surface area contributed by atoms with Crippen LogP contribution in [0.5, 0.6) is 11.5 Å². The Balaban J connectivity index is 1.70. The molecule has 1 atom stereocenters. The number of nitrogens with one attached hydrogen (secondary N) is 1. The molecule has 0 aliphatic carbocycles. The summed E-state index contributed by atoms with van der Waals surface area (Å²) in [7, 11) is 0. The number of ether oxygens (including phenoxy) is 2. The van der Waals surface area contributed by atoms with Crippen molar-refractivity contribution >= 4 is 23.4 Å². The van der Waals surface area contributed by atoms with Crippen LogP contribution in [0.4, 0.5) is 17.6 Å². The van der Waals surface area contributed by atoms with Gasteiger partial charge in [-0.1, -0.05) is 18.2 Å². The number of hydrogen-bond acceptors (Lipinski definition) is 9. The molecule has 0 radical (unpaired) electrons. The van der Waals surface area contributed by atoms with Gasteiger partial charge in [0.25, 0.3) is 0 Å². The molecule has 2 aromatic carbocycles. The number of nitrogens with zero attached hydrogens (tertiary/aromatic N) is 4. The van der Waals surface area contributed by atoms with E-state index in [1.807, 2.05) is 43.3 Å². The topological polar surface area (TPSA) is 136 Å². The van der Waals surface area contributed by atoms with Gasteiger partial charge in [-0.05, 0) is 43.3 Å². The maximum atomic E-state index is 12.6. The third-order valence-electron chi connectivity index (χ3n) is 3.93. The van der Waals surface area contributed by atoms with Crippen LogP contribution in [0.3, 0.4) is 0 Å². The van der Waals surface area contributed by atoms with Crippen molar-refractivity contribution in [3.05, 3.63) is 60.4 Å². The van der Waals surface area contributed by atoms with Gasteiger partial charge in [0, 0.05) is 5.69 Å². The summed E-state index contributed by atoms with van der Waals surface area (Å²) in [5.41, 5.74) is 6.47. The monoisotopic (exact) mass is 404 g/mol. The molecule has 0 amide bonds. The molecule has 3 rings (SSSR count). The van der Waals surface area contributed by atoms with E-state index in [0.29, 0.717) is 18.1 Å². The van der Waals surface area contributed by atoms with E-state index >= 15 is 0 Å². The lowest BCUT2D eigenvalue weighted by Gasteiger charge is -2.11. The van der Waals surface area contributed by atoms with Gasteiger partial charge in [0.05, 0.1) is 12.7 Å². The van der Waals surface area contributed by atoms with Gasteiger partial charge >= 0.3 is 0 Å². The predicted molar refractivity (Wildman–Crippen MR) is 110 cm³/mol. The summed E-state index contributed by atoms with van der Waals surface area (Å²) in [6.07, 6.45) is 0. The smallest absolute Gasteiger partial charge is 0.232 e. The van der Waals surface area contributed by atoms with Gasteiger partial charge in [-0.3, -0.25) is 4.79 Å². The van der Waals surface area contributed by atoms with E-state index in [1.54, 1.807) is 24.3 Å². The summed E-state index contributed by atoms with van der Waals surface area (Å²) in [6.45, 7) is 2.12. The third-order valence-corrected chi connectivity index (χ3v) is 3.93. The van der Waals surface area contributed by atoms with E-state index in [4.69, 9.17) is 15.2 Å². The lowest BCUT2D eigenvalue weighted by molar-refractivity contribution is -0.121. The highest BCUT2D eigenvalue weighted by Gasteiger charge is 2.25. The minimum absolute atomic E-state index is 0.0382. The van der Waals surface area contributed by atoms with Crippen LogP contribution in [0.15, 0.2) is 54.6 Å². The average molecular weight is 404 g/mol. The molecule has 9 heteroatoms. The molecule has 3 aromatic rings. The number of rotatable bonds is 9.